The number of aromatic amines is 1. The molecule has 1 N–H and O–H groups in total. The number of anilines is 1. The monoisotopic (exact) mass is 330 g/mol. The Kier molecular flexibility index (Phi) is 5.54. The second-order valence-corrected chi connectivity index (χ2v) is 6.49. The van der Waals surface area contributed by atoms with Crippen LogP contribution in [0.2, 0.25) is 0 Å². The predicted molar refractivity (Wildman–Crippen MR) is 93.9 cm³/mol. The minimum atomic E-state index is 0.0965. The van der Waals surface area contributed by atoms with Crippen molar-refractivity contribution in [2.24, 2.45) is 0 Å². The number of carbonyl (C=O) groups is 1. The van der Waals surface area contributed by atoms with Gasteiger partial charge >= 0.3 is 0 Å². The maximum atomic E-state index is 12.5. The fourth-order valence-corrected chi connectivity index (χ4v) is 2.83. The van der Waals surface area contributed by atoms with E-state index >= 15 is 0 Å². The molecule has 2 aromatic rings. The van der Waals surface area contributed by atoms with Crippen LogP contribution in [0.1, 0.15) is 41.8 Å². The van der Waals surface area contributed by atoms with Gasteiger partial charge in [-0.25, -0.2) is 9.97 Å². The zero-order valence-corrected chi connectivity index (χ0v) is 15.3. The van der Waals surface area contributed by atoms with Gasteiger partial charge in [0.1, 0.15) is 0 Å². The Labute approximate surface area is 143 Å². The normalized spacial score (nSPS) is 12.1. The molecule has 0 aliphatic carbocycles. The molecular weight excluding hydrogens is 304 g/mol. The minimum Gasteiger partial charge on any atom is -0.347 e. The lowest BCUT2D eigenvalue weighted by Crippen LogP contribution is -2.27. The molecule has 2 rings (SSSR count). The summed E-state index contributed by atoms with van der Waals surface area (Å²) in [6.07, 6.45) is 3.98. The smallest absolute Gasteiger partial charge is 0.224 e. The Bertz CT molecular complexity index is 672. The van der Waals surface area contributed by atoms with Gasteiger partial charge < -0.3 is 9.80 Å². The second-order valence-electron chi connectivity index (χ2n) is 6.49. The lowest BCUT2D eigenvalue weighted by atomic mass is 9.95. The van der Waals surface area contributed by atoms with Crippen LogP contribution in [-0.4, -0.2) is 52.1 Å². The van der Waals surface area contributed by atoms with Crippen molar-refractivity contribution in [3.63, 3.8) is 0 Å². The Morgan fingerprint density at radius 2 is 1.83 bits per heavy atom. The molecule has 0 unspecified atom stereocenters. The number of aryl methyl sites for hydroxylation is 2. The molecule has 2 aromatic heterocycles. The van der Waals surface area contributed by atoms with E-state index in [0.717, 1.165) is 22.5 Å². The van der Waals surface area contributed by atoms with E-state index in [1.165, 1.54) is 0 Å². The van der Waals surface area contributed by atoms with E-state index in [9.17, 15) is 4.79 Å². The summed E-state index contributed by atoms with van der Waals surface area (Å²) in [5, 5.41) is 7.19. The quantitative estimate of drug-likeness (QED) is 0.877. The molecule has 0 saturated heterocycles. The molecular formula is C17H26N6O. The van der Waals surface area contributed by atoms with Crippen molar-refractivity contribution in [3.8, 4) is 0 Å². The van der Waals surface area contributed by atoms with E-state index in [1.54, 1.807) is 17.3 Å². The van der Waals surface area contributed by atoms with Crippen molar-refractivity contribution < 1.29 is 4.79 Å². The molecule has 1 atom stereocenters. The van der Waals surface area contributed by atoms with Gasteiger partial charge in [-0.3, -0.25) is 9.89 Å². The standard InChI is InChI=1S/C17H26N6O/c1-11(16-12(2)20-21-13(16)3)7-15(24)23(6)10-14-8-18-17(19-9-14)22(4)5/h8-9,11H,7,10H2,1-6H3,(H,20,21)/t11-/m1/s1. The fourth-order valence-electron chi connectivity index (χ4n) is 2.83. The number of aromatic nitrogens is 4. The molecule has 0 fully saturated rings. The highest BCUT2D eigenvalue weighted by Gasteiger charge is 2.20. The van der Waals surface area contributed by atoms with Crippen LogP contribution in [0.25, 0.3) is 0 Å². The fraction of sp³-hybridized carbons (Fsp3) is 0.529. The van der Waals surface area contributed by atoms with E-state index in [2.05, 4.69) is 27.1 Å². The Morgan fingerprint density at radius 3 is 2.33 bits per heavy atom. The van der Waals surface area contributed by atoms with Gasteiger partial charge in [-0.15, -0.1) is 0 Å². The average molecular weight is 330 g/mol. The third-order valence-corrected chi connectivity index (χ3v) is 4.10. The summed E-state index contributed by atoms with van der Waals surface area (Å²) in [5.74, 6) is 0.887. The maximum Gasteiger partial charge on any atom is 0.224 e. The zero-order valence-electron chi connectivity index (χ0n) is 15.3. The van der Waals surface area contributed by atoms with Gasteiger partial charge in [0.2, 0.25) is 11.9 Å². The molecule has 7 heteroatoms. The number of hydrogen-bond acceptors (Lipinski definition) is 5. The molecule has 2 heterocycles. The first kappa shape index (κ1) is 17.9. The summed E-state index contributed by atoms with van der Waals surface area (Å²) in [5.41, 5.74) is 4.04. The summed E-state index contributed by atoms with van der Waals surface area (Å²) in [7, 11) is 5.60. The Balaban J connectivity index is 1.97. The van der Waals surface area contributed by atoms with Gasteiger partial charge in [0, 0.05) is 57.8 Å². The van der Waals surface area contributed by atoms with E-state index in [1.807, 2.05) is 39.9 Å². The first-order chi connectivity index (χ1) is 11.3. The van der Waals surface area contributed by atoms with Crippen LogP contribution in [0.5, 0.6) is 0 Å². The number of rotatable bonds is 6. The first-order valence-electron chi connectivity index (χ1n) is 8.03. The van der Waals surface area contributed by atoms with Gasteiger partial charge in [-0.2, -0.15) is 5.10 Å². The highest BCUT2D eigenvalue weighted by Crippen LogP contribution is 2.25. The summed E-state index contributed by atoms with van der Waals surface area (Å²) < 4.78 is 0. The summed E-state index contributed by atoms with van der Waals surface area (Å²) >= 11 is 0. The third-order valence-electron chi connectivity index (χ3n) is 4.10. The van der Waals surface area contributed by atoms with Crippen LogP contribution < -0.4 is 4.90 Å². The number of carbonyl (C=O) groups excluding carboxylic acids is 1. The summed E-state index contributed by atoms with van der Waals surface area (Å²) in [6.45, 7) is 6.52. The number of nitrogens with zero attached hydrogens (tertiary/aromatic N) is 5. The largest absolute Gasteiger partial charge is 0.347 e. The average Bonchev–Trinajstić information content (AvgIpc) is 2.86. The highest BCUT2D eigenvalue weighted by atomic mass is 16.2. The van der Waals surface area contributed by atoms with Crippen molar-refractivity contribution in [3.05, 3.63) is 34.9 Å². The van der Waals surface area contributed by atoms with Gasteiger partial charge in [-0.1, -0.05) is 6.92 Å². The molecule has 7 nitrogen and oxygen atoms in total. The lowest BCUT2D eigenvalue weighted by molar-refractivity contribution is -0.130. The zero-order chi connectivity index (χ0) is 17.9. The van der Waals surface area contributed by atoms with Gasteiger partial charge in [0.25, 0.3) is 0 Å². The number of amides is 1. The van der Waals surface area contributed by atoms with Crippen molar-refractivity contribution in [1.82, 2.24) is 25.1 Å². The van der Waals surface area contributed by atoms with Crippen molar-refractivity contribution in [2.45, 2.75) is 39.7 Å². The lowest BCUT2D eigenvalue weighted by Gasteiger charge is -2.20. The van der Waals surface area contributed by atoms with Crippen LogP contribution >= 0.6 is 0 Å². The first-order valence-corrected chi connectivity index (χ1v) is 8.03. The van der Waals surface area contributed by atoms with E-state index in [0.29, 0.717) is 18.9 Å². The second kappa shape index (κ2) is 7.42. The molecule has 0 aromatic carbocycles. The molecule has 0 spiro atoms. The van der Waals surface area contributed by atoms with Crippen molar-refractivity contribution in [1.29, 1.82) is 0 Å². The molecule has 0 aliphatic heterocycles. The van der Waals surface area contributed by atoms with Crippen LogP contribution in [0.4, 0.5) is 5.95 Å². The van der Waals surface area contributed by atoms with Gasteiger partial charge in [0.15, 0.2) is 0 Å². The molecule has 0 bridgehead atoms. The van der Waals surface area contributed by atoms with Crippen LogP contribution in [0.15, 0.2) is 12.4 Å². The Hall–Kier alpha value is -2.44. The maximum absolute atomic E-state index is 12.5. The van der Waals surface area contributed by atoms with E-state index in [4.69, 9.17) is 0 Å². The topological polar surface area (TPSA) is 78.0 Å². The van der Waals surface area contributed by atoms with E-state index in [-0.39, 0.29) is 11.8 Å². The SMILES string of the molecule is Cc1n[nH]c(C)c1[C@H](C)CC(=O)N(C)Cc1cnc(N(C)C)nc1. The number of H-pyrrole nitrogens is 1. The van der Waals surface area contributed by atoms with Crippen LogP contribution in [-0.2, 0) is 11.3 Å². The van der Waals surface area contributed by atoms with Gasteiger partial charge in [-0.05, 0) is 25.3 Å². The molecule has 1 amide bonds. The molecule has 0 aliphatic rings. The van der Waals surface area contributed by atoms with E-state index < -0.39 is 0 Å². The Morgan fingerprint density at radius 1 is 1.21 bits per heavy atom. The number of hydrogen-bond donors (Lipinski definition) is 1. The molecule has 24 heavy (non-hydrogen) atoms. The summed E-state index contributed by atoms with van der Waals surface area (Å²) in [6, 6.07) is 0. The highest BCUT2D eigenvalue weighted by molar-refractivity contribution is 5.76. The van der Waals surface area contributed by atoms with Crippen LogP contribution in [0.3, 0.4) is 0 Å². The number of nitrogens with one attached hydrogen (secondary N) is 1. The van der Waals surface area contributed by atoms with Crippen LogP contribution in [0, 0.1) is 13.8 Å². The third kappa shape index (κ3) is 4.10. The predicted octanol–water partition coefficient (Wildman–Crippen LogP) is 2.03. The van der Waals surface area contributed by atoms with Gasteiger partial charge in [0.05, 0.1) is 5.69 Å². The molecule has 0 saturated carbocycles. The molecule has 130 valence electrons. The van der Waals surface area contributed by atoms with Crippen molar-refractivity contribution >= 4 is 11.9 Å². The van der Waals surface area contributed by atoms with Crippen molar-refractivity contribution in [2.75, 3.05) is 26.0 Å². The minimum absolute atomic E-state index is 0.0965. The summed E-state index contributed by atoms with van der Waals surface area (Å²) in [4.78, 5) is 24.6. The molecule has 0 radical (unpaired) electrons.